The molecule has 2 bridgehead atoms. The summed E-state index contributed by atoms with van der Waals surface area (Å²) in [5.41, 5.74) is 2.73. The topological polar surface area (TPSA) is 65.0 Å². The summed E-state index contributed by atoms with van der Waals surface area (Å²) in [5.74, 6) is 0.820. The average molecular weight is 370 g/mol. The van der Waals surface area contributed by atoms with Crippen molar-refractivity contribution in [2.24, 2.45) is 5.92 Å². The molecule has 0 amide bonds. The molecule has 2 aromatic rings. The Morgan fingerprint density at radius 1 is 1.11 bits per heavy atom. The summed E-state index contributed by atoms with van der Waals surface area (Å²) in [6.45, 7) is 5.99. The molecule has 1 heterocycles. The van der Waals surface area contributed by atoms with Crippen molar-refractivity contribution in [3.05, 3.63) is 48.0 Å². The minimum atomic E-state index is -0.403. The molecule has 3 rings (SSSR count). The van der Waals surface area contributed by atoms with Crippen LogP contribution in [0.25, 0.3) is 11.1 Å². The van der Waals surface area contributed by atoms with Gasteiger partial charge in [0.1, 0.15) is 0 Å². The molecule has 0 aromatic heterocycles. The van der Waals surface area contributed by atoms with E-state index in [9.17, 15) is 9.90 Å². The van der Waals surface area contributed by atoms with Crippen LogP contribution in [-0.4, -0.2) is 23.8 Å². The monoisotopic (exact) mass is 370 g/mol. The maximum Gasteiger partial charge on any atom is 0.313 e. The quantitative estimate of drug-likeness (QED) is 0.548. The standard InChI is InChI=1S/C22H26O5/c1-4-17(22(24)25-13-14(2)11-15(3)23)18-7-5-6-8-19(18)20-10-9-16-12-21(20)27-26-16/h5-10,12,14-15,17,23H,4,11,13H2,1-3H3. The number of hydrogen-bond donors (Lipinski definition) is 1. The first kappa shape index (κ1) is 19.2. The maximum absolute atomic E-state index is 12.8. The number of esters is 1. The van der Waals surface area contributed by atoms with Gasteiger partial charge in [0.2, 0.25) is 0 Å². The van der Waals surface area contributed by atoms with Crippen LogP contribution in [0, 0.1) is 5.92 Å². The van der Waals surface area contributed by atoms with Crippen molar-refractivity contribution in [1.82, 2.24) is 0 Å². The summed E-state index contributed by atoms with van der Waals surface area (Å²) in [6, 6.07) is 13.4. The molecule has 0 saturated carbocycles. The summed E-state index contributed by atoms with van der Waals surface area (Å²) < 4.78 is 5.56. The van der Waals surface area contributed by atoms with Gasteiger partial charge in [-0.05, 0) is 48.9 Å². The van der Waals surface area contributed by atoms with Crippen molar-refractivity contribution in [3.63, 3.8) is 0 Å². The Bertz CT molecular complexity index is 799. The van der Waals surface area contributed by atoms with Gasteiger partial charge in [0.15, 0.2) is 11.5 Å². The zero-order valence-electron chi connectivity index (χ0n) is 16.0. The Balaban J connectivity index is 1.81. The van der Waals surface area contributed by atoms with Crippen molar-refractivity contribution in [2.75, 3.05) is 6.61 Å². The number of carbonyl (C=O) groups is 1. The van der Waals surface area contributed by atoms with E-state index in [0.29, 0.717) is 30.9 Å². The van der Waals surface area contributed by atoms with E-state index >= 15 is 0 Å². The maximum atomic E-state index is 12.8. The van der Waals surface area contributed by atoms with Gasteiger partial charge in [-0.25, -0.2) is 0 Å². The Kier molecular flexibility index (Phi) is 6.01. The van der Waals surface area contributed by atoms with Gasteiger partial charge in [-0.1, -0.05) is 38.1 Å². The smallest absolute Gasteiger partial charge is 0.313 e. The molecule has 0 aliphatic carbocycles. The highest BCUT2D eigenvalue weighted by atomic mass is 17.2. The molecule has 0 fully saturated rings. The molecule has 5 nitrogen and oxygen atoms in total. The van der Waals surface area contributed by atoms with Crippen LogP contribution in [0.5, 0.6) is 11.5 Å². The van der Waals surface area contributed by atoms with Gasteiger partial charge in [0, 0.05) is 11.6 Å². The van der Waals surface area contributed by atoms with E-state index in [0.717, 1.165) is 16.7 Å². The number of ether oxygens (including phenoxy) is 1. The number of aliphatic hydroxyl groups excluding tert-OH is 1. The molecule has 2 aromatic carbocycles. The van der Waals surface area contributed by atoms with Gasteiger partial charge in [0.25, 0.3) is 0 Å². The highest BCUT2D eigenvalue weighted by molar-refractivity contribution is 5.84. The molecule has 1 N–H and O–H groups in total. The molecule has 3 atom stereocenters. The van der Waals surface area contributed by atoms with Gasteiger partial charge in [-0.3, -0.25) is 14.6 Å². The van der Waals surface area contributed by atoms with Gasteiger partial charge >= 0.3 is 5.97 Å². The third kappa shape index (κ3) is 4.42. The van der Waals surface area contributed by atoms with Crippen LogP contribution < -0.4 is 9.78 Å². The van der Waals surface area contributed by atoms with E-state index < -0.39 is 6.10 Å². The molecular formula is C22H26O5. The largest absolute Gasteiger partial charge is 0.465 e. The van der Waals surface area contributed by atoms with Gasteiger partial charge < -0.3 is 9.84 Å². The van der Waals surface area contributed by atoms with Crippen LogP contribution in [0.3, 0.4) is 0 Å². The zero-order valence-corrected chi connectivity index (χ0v) is 16.0. The third-order valence-corrected chi connectivity index (χ3v) is 4.75. The summed E-state index contributed by atoms with van der Waals surface area (Å²) in [6.07, 6.45) is 0.832. The SMILES string of the molecule is CCC(C(=O)OCC(C)CC(C)O)c1ccccc1-c1ccc2cc1OO2. The first-order valence-electron chi connectivity index (χ1n) is 9.42. The van der Waals surface area contributed by atoms with Crippen LogP contribution in [0.15, 0.2) is 42.5 Å². The molecule has 0 spiro atoms. The Morgan fingerprint density at radius 3 is 2.63 bits per heavy atom. The molecule has 1 aliphatic heterocycles. The number of benzene rings is 2. The second kappa shape index (κ2) is 8.44. The summed E-state index contributed by atoms with van der Waals surface area (Å²) in [5, 5.41) is 9.47. The van der Waals surface area contributed by atoms with Crippen LogP contribution in [0.1, 0.15) is 45.1 Å². The van der Waals surface area contributed by atoms with Crippen molar-refractivity contribution in [3.8, 4) is 22.6 Å². The first-order valence-corrected chi connectivity index (χ1v) is 9.42. The third-order valence-electron chi connectivity index (χ3n) is 4.75. The summed E-state index contributed by atoms with van der Waals surface area (Å²) >= 11 is 0. The number of fused-ring (bicyclic) bond motifs is 2. The molecule has 1 aliphatic rings. The van der Waals surface area contributed by atoms with Crippen molar-refractivity contribution >= 4 is 5.97 Å². The van der Waals surface area contributed by atoms with Gasteiger partial charge in [-0.15, -0.1) is 0 Å². The molecule has 3 unspecified atom stereocenters. The number of carbonyl (C=O) groups excluding carboxylic acids is 1. The lowest BCUT2D eigenvalue weighted by atomic mass is 9.88. The molecule has 0 radical (unpaired) electrons. The summed E-state index contributed by atoms with van der Waals surface area (Å²) in [7, 11) is 0. The fraction of sp³-hybridized carbons (Fsp3) is 0.409. The molecule has 5 heteroatoms. The van der Waals surface area contributed by atoms with Crippen molar-refractivity contribution < 1.29 is 24.4 Å². The van der Waals surface area contributed by atoms with Crippen LogP contribution in [0.4, 0.5) is 0 Å². The number of aliphatic hydroxyl groups is 1. The molecule has 144 valence electrons. The van der Waals surface area contributed by atoms with Crippen LogP contribution in [-0.2, 0) is 9.53 Å². The zero-order chi connectivity index (χ0) is 19.4. The first-order chi connectivity index (χ1) is 13.0. The van der Waals surface area contributed by atoms with E-state index in [1.807, 2.05) is 56.3 Å². The highest BCUT2D eigenvalue weighted by Gasteiger charge is 2.26. The second-order valence-corrected chi connectivity index (χ2v) is 7.19. The van der Waals surface area contributed by atoms with Crippen molar-refractivity contribution in [1.29, 1.82) is 0 Å². The van der Waals surface area contributed by atoms with Gasteiger partial charge in [0.05, 0.1) is 18.6 Å². The second-order valence-electron chi connectivity index (χ2n) is 7.19. The van der Waals surface area contributed by atoms with Gasteiger partial charge in [-0.2, -0.15) is 0 Å². The van der Waals surface area contributed by atoms with E-state index in [2.05, 4.69) is 0 Å². The van der Waals surface area contributed by atoms with E-state index in [1.54, 1.807) is 6.92 Å². The predicted molar refractivity (Wildman–Crippen MR) is 103 cm³/mol. The molecule has 0 saturated heterocycles. The lowest BCUT2D eigenvalue weighted by Gasteiger charge is -2.20. The van der Waals surface area contributed by atoms with E-state index in [-0.39, 0.29) is 17.8 Å². The van der Waals surface area contributed by atoms with E-state index in [4.69, 9.17) is 14.5 Å². The Labute approximate surface area is 159 Å². The Hall–Kier alpha value is -2.53. The minimum Gasteiger partial charge on any atom is -0.465 e. The van der Waals surface area contributed by atoms with E-state index in [1.165, 1.54) is 0 Å². The fourth-order valence-corrected chi connectivity index (χ4v) is 3.47. The highest BCUT2D eigenvalue weighted by Crippen LogP contribution is 2.41. The predicted octanol–water partition coefficient (Wildman–Crippen LogP) is 4.48. The number of hydrogen-bond acceptors (Lipinski definition) is 5. The molecule has 27 heavy (non-hydrogen) atoms. The lowest BCUT2D eigenvalue weighted by Crippen LogP contribution is -2.21. The van der Waals surface area contributed by atoms with Crippen LogP contribution >= 0.6 is 0 Å². The normalized spacial score (nSPS) is 15.4. The fourth-order valence-electron chi connectivity index (χ4n) is 3.47. The van der Waals surface area contributed by atoms with Crippen molar-refractivity contribution in [2.45, 2.75) is 45.6 Å². The molecular weight excluding hydrogens is 344 g/mol. The van der Waals surface area contributed by atoms with Crippen LogP contribution in [0.2, 0.25) is 0 Å². The Morgan fingerprint density at radius 2 is 1.89 bits per heavy atom. The summed E-state index contributed by atoms with van der Waals surface area (Å²) in [4.78, 5) is 23.1. The number of rotatable bonds is 8. The average Bonchev–Trinajstić information content (AvgIpc) is 3.02. The minimum absolute atomic E-state index is 0.112. The lowest BCUT2D eigenvalue weighted by molar-refractivity contribution is -0.147.